The monoisotopic (exact) mass is 304 g/mol. The van der Waals surface area contributed by atoms with Crippen molar-refractivity contribution in [1.82, 2.24) is 9.88 Å². The van der Waals surface area contributed by atoms with Crippen LogP contribution in [0.1, 0.15) is 16.8 Å². The molecular formula is C11H8BrF3N2. The topological polar surface area (TPSA) is 16.1 Å². The SMILES string of the molecule is C=C1c2cnc(C(F)(F)F)cc2C(Br)=CN1C. The molecule has 0 aliphatic carbocycles. The lowest BCUT2D eigenvalue weighted by Crippen LogP contribution is -2.16. The Labute approximate surface area is 105 Å². The Kier molecular flexibility index (Phi) is 2.77. The van der Waals surface area contributed by atoms with Gasteiger partial charge in [-0.1, -0.05) is 6.58 Å². The summed E-state index contributed by atoms with van der Waals surface area (Å²) in [7, 11) is 1.77. The molecule has 0 spiro atoms. The first-order valence-corrected chi connectivity index (χ1v) is 5.47. The fraction of sp³-hybridized carbons (Fsp3) is 0.182. The fourth-order valence-corrected chi connectivity index (χ4v) is 2.18. The van der Waals surface area contributed by atoms with Gasteiger partial charge in [0.2, 0.25) is 0 Å². The molecule has 1 aromatic rings. The van der Waals surface area contributed by atoms with E-state index in [0.29, 0.717) is 21.3 Å². The van der Waals surface area contributed by atoms with Crippen molar-refractivity contribution in [1.29, 1.82) is 0 Å². The van der Waals surface area contributed by atoms with E-state index >= 15 is 0 Å². The van der Waals surface area contributed by atoms with Crippen molar-refractivity contribution in [2.45, 2.75) is 6.18 Å². The quantitative estimate of drug-likeness (QED) is 0.726. The highest BCUT2D eigenvalue weighted by Gasteiger charge is 2.34. The third-order valence-corrected chi connectivity index (χ3v) is 3.13. The highest BCUT2D eigenvalue weighted by molar-refractivity contribution is 9.15. The summed E-state index contributed by atoms with van der Waals surface area (Å²) in [4.78, 5) is 5.15. The Balaban J connectivity index is 2.60. The molecule has 0 amide bonds. The molecule has 1 aromatic heterocycles. The highest BCUT2D eigenvalue weighted by atomic mass is 79.9. The van der Waals surface area contributed by atoms with Crippen LogP contribution in [0.5, 0.6) is 0 Å². The first-order valence-electron chi connectivity index (χ1n) is 4.68. The highest BCUT2D eigenvalue weighted by Crippen LogP contribution is 2.38. The minimum absolute atomic E-state index is 0.454. The van der Waals surface area contributed by atoms with E-state index in [-0.39, 0.29) is 0 Å². The van der Waals surface area contributed by atoms with E-state index in [9.17, 15) is 13.2 Å². The van der Waals surface area contributed by atoms with Crippen LogP contribution in [-0.2, 0) is 6.18 Å². The van der Waals surface area contributed by atoms with Crippen molar-refractivity contribution >= 4 is 26.1 Å². The molecule has 0 atom stereocenters. The minimum atomic E-state index is -4.44. The first-order chi connectivity index (χ1) is 7.80. The van der Waals surface area contributed by atoms with Gasteiger partial charge in [-0.15, -0.1) is 0 Å². The van der Waals surface area contributed by atoms with Crippen molar-refractivity contribution < 1.29 is 13.2 Å². The Morgan fingerprint density at radius 2 is 2.00 bits per heavy atom. The van der Waals surface area contributed by atoms with Crippen LogP contribution in [0, 0.1) is 0 Å². The van der Waals surface area contributed by atoms with Crippen LogP contribution in [0.4, 0.5) is 13.2 Å². The smallest absolute Gasteiger partial charge is 0.350 e. The van der Waals surface area contributed by atoms with Gasteiger partial charge in [0.1, 0.15) is 5.69 Å². The van der Waals surface area contributed by atoms with Crippen LogP contribution in [0.25, 0.3) is 10.2 Å². The van der Waals surface area contributed by atoms with Crippen LogP contribution in [0.15, 0.2) is 25.0 Å². The number of hydrogen-bond donors (Lipinski definition) is 0. The molecule has 0 radical (unpaired) electrons. The van der Waals surface area contributed by atoms with Gasteiger partial charge in [0, 0.05) is 40.8 Å². The molecule has 0 N–H and O–H groups in total. The van der Waals surface area contributed by atoms with Crippen LogP contribution in [-0.4, -0.2) is 16.9 Å². The number of pyridine rings is 1. The van der Waals surface area contributed by atoms with Crippen molar-refractivity contribution in [3.63, 3.8) is 0 Å². The lowest BCUT2D eigenvalue weighted by Gasteiger charge is -2.25. The summed E-state index contributed by atoms with van der Waals surface area (Å²) >= 11 is 3.24. The molecule has 90 valence electrons. The number of rotatable bonds is 0. The summed E-state index contributed by atoms with van der Waals surface area (Å²) in [5, 5.41) is 0. The Morgan fingerprint density at radius 3 is 2.59 bits per heavy atom. The zero-order valence-corrected chi connectivity index (χ0v) is 10.4. The molecule has 2 nitrogen and oxygen atoms in total. The second kappa shape index (κ2) is 3.87. The van der Waals surface area contributed by atoms with Gasteiger partial charge in [0.05, 0.1) is 0 Å². The second-order valence-electron chi connectivity index (χ2n) is 3.65. The van der Waals surface area contributed by atoms with Crippen molar-refractivity contribution in [3.05, 3.63) is 41.9 Å². The number of fused-ring (bicyclic) bond motifs is 1. The summed E-state index contributed by atoms with van der Waals surface area (Å²) in [5.74, 6) is 0. The van der Waals surface area contributed by atoms with Crippen LogP contribution in [0.2, 0.25) is 0 Å². The summed E-state index contributed by atoms with van der Waals surface area (Å²) in [6.45, 7) is 3.80. The molecule has 0 saturated heterocycles. The van der Waals surface area contributed by atoms with Gasteiger partial charge in [0.15, 0.2) is 0 Å². The lowest BCUT2D eigenvalue weighted by atomic mass is 10.0. The van der Waals surface area contributed by atoms with E-state index in [1.807, 2.05) is 0 Å². The van der Waals surface area contributed by atoms with Gasteiger partial charge in [-0.2, -0.15) is 13.2 Å². The molecule has 6 heteroatoms. The average Bonchev–Trinajstić information content (AvgIpc) is 2.24. The van der Waals surface area contributed by atoms with E-state index in [0.717, 1.165) is 6.07 Å². The zero-order chi connectivity index (χ0) is 12.8. The predicted molar refractivity (Wildman–Crippen MR) is 62.9 cm³/mol. The minimum Gasteiger partial charge on any atom is -0.350 e. The summed E-state index contributed by atoms with van der Waals surface area (Å²) in [6.07, 6.45) is -1.57. The third-order valence-electron chi connectivity index (χ3n) is 2.50. The Morgan fingerprint density at radius 1 is 1.35 bits per heavy atom. The normalized spacial score (nSPS) is 15.7. The van der Waals surface area contributed by atoms with Crippen LogP contribution in [0.3, 0.4) is 0 Å². The van der Waals surface area contributed by atoms with Gasteiger partial charge in [0.25, 0.3) is 0 Å². The molecule has 0 fully saturated rings. The molecule has 2 rings (SSSR count). The van der Waals surface area contributed by atoms with E-state index in [1.165, 1.54) is 6.20 Å². The maximum atomic E-state index is 12.5. The number of alkyl halides is 3. The van der Waals surface area contributed by atoms with Crippen molar-refractivity contribution in [2.75, 3.05) is 7.05 Å². The number of aromatic nitrogens is 1. The summed E-state index contributed by atoms with van der Waals surface area (Å²) in [6, 6.07) is 1.02. The van der Waals surface area contributed by atoms with Gasteiger partial charge in [-0.3, -0.25) is 4.98 Å². The Hall–Kier alpha value is -1.30. The average molecular weight is 305 g/mol. The molecule has 0 aromatic carbocycles. The standard InChI is InChI=1S/C11H8BrF3N2/c1-6-8-4-16-10(11(13,14)15)3-7(8)9(12)5-17(6)2/h3-5H,1H2,2H3. The molecule has 17 heavy (non-hydrogen) atoms. The molecule has 0 unspecified atom stereocenters. The van der Waals surface area contributed by atoms with E-state index in [4.69, 9.17) is 0 Å². The van der Waals surface area contributed by atoms with Gasteiger partial charge in [-0.05, 0) is 22.0 Å². The summed E-state index contributed by atoms with van der Waals surface area (Å²) in [5.41, 5.74) is 0.758. The van der Waals surface area contributed by atoms with Gasteiger partial charge in [-0.25, -0.2) is 0 Å². The maximum absolute atomic E-state index is 12.5. The number of halogens is 4. The Bertz CT molecular complexity index is 520. The zero-order valence-electron chi connectivity index (χ0n) is 8.85. The van der Waals surface area contributed by atoms with Crippen LogP contribution < -0.4 is 0 Å². The van der Waals surface area contributed by atoms with E-state index in [1.54, 1.807) is 18.1 Å². The molecule has 0 saturated carbocycles. The first kappa shape index (κ1) is 12.2. The molecule has 1 aliphatic rings. The maximum Gasteiger partial charge on any atom is 0.433 e. The van der Waals surface area contributed by atoms with Crippen molar-refractivity contribution in [2.24, 2.45) is 0 Å². The number of hydrogen-bond acceptors (Lipinski definition) is 2. The lowest BCUT2D eigenvalue weighted by molar-refractivity contribution is -0.141. The number of nitrogens with zero attached hydrogens (tertiary/aromatic N) is 2. The predicted octanol–water partition coefficient (Wildman–Crippen LogP) is 3.71. The second-order valence-corrected chi connectivity index (χ2v) is 4.50. The molecule has 1 aliphatic heterocycles. The van der Waals surface area contributed by atoms with Gasteiger partial charge < -0.3 is 4.90 Å². The molecular weight excluding hydrogens is 297 g/mol. The van der Waals surface area contributed by atoms with Crippen molar-refractivity contribution in [3.8, 4) is 0 Å². The molecule has 2 heterocycles. The summed E-state index contributed by atoms with van der Waals surface area (Å²) < 4.78 is 38.2. The van der Waals surface area contributed by atoms with E-state index < -0.39 is 11.9 Å². The third kappa shape index (κ3) is 2.09. The fourth-order valence-electron chi connectivity index (χ4n) is 1.55. The molecule has 0 bridgehead atoms. The largest absolute Gasteiger partial charge is 0.433 e. The van der Waals surface area contributed by atoms with E-state index in [2.05, 4.69) is 27.5 Å². The van der Waals surface area contributed by atoms with Gasteiger partial charge >= 0.3 is 6.18 Å². The van der Waals surface area contributed by atoms with Crippen LogP contribution >= 0.6 is 15.9 Å².